The molecule has 1 aliphatic rings. The highest BCUT2D eigenvalue weighted by molar-refractivity contribution is 7.98. The van der Waals surface area contributed by atoms with Crippen molar-refractivity contribution in [2.24, 2.45) is 7.05 Å². The van der Waals surface area contributed by atoms with Crippen LogP contribution in [-0.2, 0) is 19.2 Å². The van der Waals surface area contributed by atoms with Crippen LogP contribution >= 0.6 is 11.8 Å². The number of anilines is 1. The summed E-state index contributed by atoms with van der Waals surface area (Å²) in [6.07, 6.45) is 4.67. The molecule has 132 valence electrons. The van der Waals surface area contributed by atoms with Crippen LogP contribution in [0.15, 0.2) is 66.1 Å². The number of nitrogens with zero attached hydrogens (tertiary/aromatic N) is 3. The molecule has 3 aromatic rings. The minimum atomic E-state index is 0.0748. The molecule has 0 bridgehead atoms. The third-order valence-corrected chi connectivity index (χ3v) is 5.90. The molecule has 0 N–H and O–H groups in total. The van der Waals surface area contributed by atoms with Crippen molar-refractivity contribution in [1.82, 2.24) is 9.55 Å². The van der Waals surface area contributed by atoms with E-state index in [1.54, 1.807) is 18.0 Å². The lowest BCUT2D eigenvalue weighted by atomic mass is 10.1. The van der Waals surface area contributed by atoms with Crippen LogP contribution < -0.4 is 4.90 Å². The summed E-state index contributed by atoms with van der Waals surface area (Å²) in [6.45, 7) is 2.11. The van der Waals surface area contributed by atoms with Crippen molar-refractivity contribution in [3.63, 3.8) is 0 Å². The number of aromatic nitrogens is 2. The van der Waals surface area contributed by atoms with Crippen LogP contribution in [0.1, 0.15) is 28.4 Å². The van der Waals surface area contributed by atoms with Gasteiger partial charge < -0.3 is 9.47 Å². The lowest BCUT2D eigenvalue weighted by molar-refractivity contribution is 0.0981. The van der Waals surface area contributed by atoms with Crippen LogP contribution in [0.25, 0.3) is 0 Å². The van der Waals surface area contributed by atoms with Crippen LogP contribution in [0.3, 0.4) is 0 Å². The first-order valence-corrected chi connectivity index (χ1v) is 9.72. The summed E-state index contributed by atoms with van der Waals surface area (Å²) in [5, 5.41) is 0.993. The number of imidazole rings is 1. The van der Waals surface area contributed by atoms with Gasteiger partial charge in [0.1, 0.15) is 0 Å². The maximum absolute atomic E-state index is 13.0. The second-order valence-corrected chi connectivity index (χ2v) is 7.61. The summed E-state index contributed by atoms with van der Waals surface area (Å²) in [6, 6.07) is 16.3. The van der Waals surface area contributed by atoms with Crippen molar-refractivity contribution in [3.8, 4) is 0 Å². The van der Waals surface area contributed by atoms with Gasteiger partial charge in [-0.3, -0.25) is 4.79 Å². The Kier molecular flexibility index (Phi) is 4.55. The number of hydrogen-bond donors (Lipinski definition) is 0. The number of aryl methyl sites for hydroxylation is 1. The maximum Gasteiger partial charge on any atom is 0.258 e. The van der Waals surface area contributed by atoms with E-state index in [0.29, 0.717) is 0 Å². The number of hydrogen-bond acceptors (Lipinski definition) is 3. The van der Waals surface area contributed by atoms with Crippen molar-refractivity contribution < 1.29 is 4.79 Å². The van der Waals surface area contributed by atoms with Crippen molar-refractivity contribution in [1.29, 1.82) is 0 Å². The number of amides is 1. The van der Waals surface area contributed by atoms with Gasteiger partial charge in [-0.1, -0.05) is 42.1 Å². The minimum absolute atomic E-state index is 0.0748. The van der Waals surface area contributed by atoms with Crippen LogP contribution in [0.4, 0.5) is 5.69 Å². The molecule has 0 aliphatic carbocycles. The predicted molar refractivity (Wildman–Crippen MR) is 106 cm³/mol. The van der Waals surface area contributed by atoms with Crippen molar-refractivity contribution in [3.05, 3.63) is 77.6 Å². The Morgan fingerprint density at radius 3 is 2.69 bits per heavy atom. The predicted octanol–water partition coefficient (Wildman–Crippen LogP) is 4.30. The van der Waals surface area contributed by atoms with Gasteiger partial charge in [0, 0.05) is 42.5 Å². The molecule has 0 saturated carbocycles. The maximum atomic E-state index is 13.0. The minimum Gasteiger partial charge on any atom is -0.329 e. The van der Waals surface area contributed by atoms with Gasteiger partial charge in [0.2, 0.25) is 0 Å². The molecule has 4 rings (SSSR count). The molecule has 2 aromatic carbocycles. The molecule has 4 nitrogen and oxygen atoms in total. The number of benzene rings is 2. The summed E-state index contributed by atoms with van der Waals surface area (Å²) in [5.41, 5.74) is 4.21. The number of carbonyl (C=O) groups is 1. The van der Waals surface area contributed by atoms with Gasteiger partial charge >= 0.3 is 0 Å². The summed E-state index contributed by atoms with van der Waals surface area (Å²) >= 11 is 1.69. The second kappa shape index (κ2) is 7.00. The molecule has 0 saturated heterocycles. The number of thioether (sulfide) groups is 1. The van der Waals surface area contributed by atoms with E-state index in [0.717, 1.165) is 28.6 Å². The fourth-order valence-electron chi connectivity index (χ4n) is 3.40. The summed E-state index contributed by atoms with van der Waals surface area (Å²) < 4.78 is 2.01. The lowest BCUT2D eigenvalue weighted by Gasteiger charge is -2.23. The first-order chi connectivity index (χ1) is 12.6. The van der Waals surface area contributed by atoms with Gasteiger partial charge in [-0.2, -0.15) is 0 Å². The zero-order chi connectivity index (χ0) is 18.1. The zero-order valence-electron chi connectivity index (χ0n) is 14.9. The molecule has 1 aromatic heterocycles. The van der Waals surface area contributed by atoms with Gasteiger partial charge in [0.15, 0.2) is 5.16 Å². The topological polar surface area (TPSA) is 38.1 Å². The molecule has 1 atom stereocenters. The number of rotatable bonds is 4. The van der Waals surface area contributed by atoms with Crippen molar-refractivity contribution >= 4 is 23.4 Å². The Bertz CT molecular complexity index is 932. The first kappa shape index (κ1) is 16.9. The SMILES string of the molecule is CC1Cc2ccccc2N1C(=O)c1ccc(CSc2nccn2C)cc1. The molecule has 0 radical (unpaired) electrons. The van der Waals surface area contributed by atoms with E-state index in [1.165, 1.54) is 11.1 Å². The van der Waals surface area contributed by atoms with Crippen molar-refractivity contribution in [2.45, 2.75) is 30.3 Å². The standard InChI is InChI=1S/C21H21N3OS/c1-15-13-18-5-3-4-6-19(18)24(15)20(25)17-9-7-16(8-10-17)14-26-21-22-11-12-23(21)2/h3-12,15H,13-14H2,1-2H3. The third kappa shape index (κ3) is 3.15. The molecule has 26 heavy (non-hydrogen) atoms. The Balaban J connectivity index is 1.48. The highest BCUT2D eigenvalue weighted by Gasteiger charge is 2.31. The Labute approximate surface area is 157 Å². The molecular weight excluding hydrogens is 342 g/mol. The van der Waals surface area contributed by atoms with Crippen molar-refractivity contribution in [2.75, 3.05) is 4.90 Å². The Morgan fingerprint density at radius 2 is 1.96 bits per heavy atom. The Morgan fingerprint density at radius 1 is 1.19 bits per heavy atom. The fraction of sp³-hybridized carbons (Fsp3) is 0.238. The molecule has 1 amide bonds. The van der Waals surface area contributed by atoms with E-state index >= 15 is 0 Å². The van der Waals surface area contributed by atoms with Crippen LogP contribution in [0.2, 0.25) is 0 Å². The number of carbonyl (C=O) groups excluding carboxylic acids is 1. The third-order valence-electron chi connectivity index (χ3n) is 4.77. The molecule has 0 spiro atoms. The average molecular weight is 363 g/mol. The summed E-state index contributed by atoms with van der Waals surface area (Å²) in [5.74, 6) is 0.910. The van der Waals surface area contributed by atoms with Crippen LogP contribution in [0, 0.1) is 0 Å². The van der Waals surface area contributed by atoms with E-state index in [-0.39, 0.29) is 11.9 Å². The molecule has 0 fully saturated rings. The number of fused-ring (bicyclic) bond motifs is 1. The van der Waals surface area contributed by atoms with E-state index in [4.69, 9.17) is 0 Å². The lowest BCUT2D eigenvalue weighted by Crippen LogP contribution is -2.35. The van der Waals surface area contributed by atoms with Crippen LogP contribution in [-0.4, -0.2) is 21.5 Å². The van der Waals surface area contributed by atoms with E-state index in [9.17, 15) is 4.79 Å². The van der Waals surface area contributed by atoms with Gasteiger partial charge in [0.05, 0.1) is 0 Å². The smallest absolute Gasteiger partial charge is 0.258 e. The molecule has 1 unspecified atom stereocenters. The molecule has 2 heterocycles. The van der Waals surface area contributed by atoms with E-state index in [1.807, 2.05) is 65.2 Å². The Hall–Kier alpha value is -2.53. The molecular formula is C21H21N3OS. The molecule has 1 aliphatic heterocycles. The van der Waals surface area contributed by atoms with Gasteiger partial charge in [-0.15, -0.1) is 0 Å². The summed E-state index contributed by atoms with van der Waals surface area (Å²) in [4.78, 5) is 19.3. The fourth-order valence-corrected chi connectivity index (χ4v) is 4.28. The second-order valence-electron chi connectivity index (χ2n) is 6.66. The monoisotopic (exact) mass is 363 g/mol. The van der Waals surface area contributed by atoms with Gasteiger partial charge in [-0.05, 0) is 42.7 Å². The summed E-state index contributed by atoms with van der Waals surface area (Å²) in [7, 11) is 1.99. The number of para-hydroxylation sites is 1. The first-order valence-electron chi connectivity index (χ1n) is 8.74. The largest absolute Gasteiger partial charge is 0.329 e. The highest BCUT2D eigenvalue weighted by atomic mass is 32.2. The van der Waals surface area contributed by atoms with E-state index < -0.39 is 0 Å². The van der Waals surface area contributed by atoms with Crippen LogP contribution in [0.5, 0.6) is 0 Å². The normalized spacial score (nSPS) is 15.9. The zero-order valence-corrected chi connectivity index (χ0v) is 15.7. The quantitative estimate of drug-likeness (QED) is 0.649. The average Bonchev–Trinajstić information content (AvgIpc) is 3.21. The highest BCUT2D eigenvalue weighted by Crippen LogP contribution is 2.33. The van der Waals surface area contributed by atoms with Gasteiger partial charge in [-0.25, -0.2) is 4.98 Å². The van der Waals surface area contributed by atoms with Gasteiger partial charge in [0.25, 0.3) is 5.91 Å². The molecule has 5 heteroatoms. The van der Waals surface area contributed by atoms with E-state index in [2.05, 4.69) is 18.0 Å².